The van der Waals surface area contributed by atoms with Gasteiger partial charge in [-0.15, -0.1) is 11.3 Å². The van der Waals surface area contributed by atoms with E-state index in [1.165, 1.54) is 4.88 Å². The van der Waals surface area contributed by atoms with Gasteiger partial charge in [0.25, 0.3) is 0 Å². The van der Waals surface area contributed by atoms with Gasteiger partial charge >= 0.3 is 0 Å². The Kier molecular flexibility index (Phi) is 6.73. The summed E-state index contributed by atoms with van der Waals surface area (Å²) in [5, 5.41) is 4.45. The number of aromatic nitrogens is 4. The number of nitrogens with zero attached hydrogens (tertiary/aromatic N) is 5. The molecule has 6 rings (SSSR count). The Hall–Kier alpha value is -3.54. The van der Waals surface area contributed by atoms with Crippen LogP contribution in [0.3, 0.4) is 0 Å². The maximum Gasteiger partial charge on any atom is 0.152 e. The molecule has 1 fully saturated rings. The highest BCUT2D eigenvalue weighted by Crippen LogP contribution is 2.33. The molecule has 1 aliphatic rings. The second-order valence-electron chi connectivity index (χ2n) is 9.51. The molecule has 0 saturated carbocycles. The summed E-state index contributed by atoms with van der Waals surface area (Å²) in [6.45, 7) is 4.20. The van der Waals surface area contributed by atoms with Crippen molar-refractivity contribution in [2.24, 2.45) is 0 Å². The fourth-order valence-electron chi connectivity index (χ4n) is 4.64. The van der Waals surface area contributed by atoms with E-state index >= 15 is 0 Å². The minimum Gasteiger partial charge on any atom is -0.457 e. The molecule has 0 unspecified atom stereocenters. The third-order valence-electron chi connectivity index (χ3n) is 6.75. The first-order valence-corrected chi connectivity index (χ1v) is 15.2. The highest BCUT2D eigenvalue weighted by molar-refractivity contribution is 7.91. The number of benzene rings is 1. The molecule has 1 saturated heterocycles. The number of pyridine rings is 1. The van der Waals surface area contributed by atoms with Crippen LogP contribution in [0, 0.1) is 6.92 Å². The SMILES string of the molecule is Cc1cc(Nc2ncnc3sc(CCCN4CCS(=O)(=O)CC4)cc23)ccc1Oc1ccn2ccnc2c1. The monoisotopic (exact) mass is 548 g/mol. The van der Waals surface area contributed by atoms with Crippen molar-refractivity contribution in [2.45, 2.75) is 19.8 Å². The topological polar surface area (TPSA) is 102 Å². The van der Waals surface area contributed by atoms with Crippen molar-refractivity contribution >= 4 is 48.5 Å². The predicted octanol–water partition coefficient (Wildman–Crippen LogP) is 4.85. The van der Waals surface area contributed by atoms with Gasteiger partial charge in [0.1, 0.15) is 34.1 Å². The van der Waals surface area contributed by atoms with Gasteiger partial charge in [0.2, 0.25) is 0 Å². The van der Waals surface area contributed by atoms with E-state index in [-0.39, 0.29) is 11.5 Å². The minimum atomic E-state index is -2.84. The van der Waals surface area contributed by atoms with Crippen LogP contribution in [0.25, 0.3) is 15.9 Å². The van der Waals surface area contributed by atoms with Crippen molar-refractivity contribution in [1.29, 1.82) is 0 Å². The molecule has 5 aromatic rings. The molecule has 1 aromatic carbocycles. The maximum atomic E-state index is 11.6. The van der Waals surface area contributed by atoms with Gasteiger partial charge in [-0.3, -0.25) is 0 Å². The maximum absolute atomic E-state index is 11.6. The van der Waals surface area contributed by atoms with E-state index in [0.29, 0.717) is 13.1 Å². The highest BCUT2D eigenvalue weighted by atomic mass is 32.2. The van der Waals surface area contributed by atoms with Gasteiger partial charge in [-0.1, -0.05) is 0 Å². The van der Waals surface area contributed by atoms with Crippen molar-refractivity contribution in [2.75, 3.05) is 36.5 Å². The predicted molar refractivity (Wildman–Crippen MR) is 151 cm³/mol. The zero-order valence-corrected chi connectivity index (χ0v) is 22.6. The lowest BCUT2D eigenvalue weighted by Gasteiger charge is -2.26. The fourth-order valence-corrected chi connectivity index (χ4v) is 6.95. The van der Waals surface area contributed by atoms with Crippen LogP contribution in [0.2, 0.25) is 0 Å². The van der Waals surface area contributed by atoms with Crippen molar-refractivity contribution < 1.29 is 13.2 Å². The molecule has 4 aromatic heterocycles. The van der Waals surface area contributed by atoms with Crippen LogP contribution in [0.4, 0.5) is 11.5 Å². The van der Waals surface area contributed by atoms with Crippen molar-refractivity contribution in [3.05, 3.63) is 71.8 Å². The lowest BCUT2D eigenvalue weighted by atomic mass is 10.2. The van der Waals surface area contributed by atoms with E-state index < -0.39 is 9.84 Å². The molecule has 0 bridgehead atoms. The van der Waals surface area contributed by atoms with Gasteiger partial charge in [0.15, 0.2) is 9.84 Å². The number of nitrogens with one attached hydrogen (secondary N) is 1. The first-order chi connectivity index (χ1) is 18.4. The molecule has 5 heterocycles. The Bertz CT molecular complexity index is 1700. The average molecular weight is 549 g/mol. The number of anilines is 2. The summed E-state index contributed by atoms with van der Waals surface area (Å²) in [4.78, 5) is 17.7. The smallest absolute Gasteiger partial charge is 0.152 e. The number of hydrogen-bond acceptors (Lipinski definition) is 9. The van der Waals surface area contributed by atoms with Gasteiger partial charge in [-0.25, -0.2) is 23.4 Å². The number of sulfone groups is 1. The van der Waals surface area contributed by atoms with E-state index in [1.807, 2.05) is 54.0 Å². The average Bonchev–Trinajstić information content (AvgIpc) is 3.54. The lowest BCUT2D eigenvalue weighted by molar-refractivity contribution is 0.292. The molecule has 196 valence electrons. The third kappa shape index (κ3) is 5.50. The summed E-state index contributed by atoms with van der Waals surface area (Å²) in [7, 11) is -2.84. The Morgan fingerprint density at radius 2 is 1.92 bits per heavy atom. The Morgan fingerprint density at radius 3 is 2.76 bits per heavy atom. The van der Waals surface area contributed by atoms with E-state index in [2.05, 4.69) is 31.2 Å². The number of thiophene rings is 1. The molecule has 1 N–H and O–H groups in total. The Morgan fingerprint density at radius 1 is 1.05 bits per heavy atom. The van der Waals surface area contributed by atoms with Gasteiger partial charge in [-0.2, -0.15) is 0 Å². The quantitative estimate of drug-likeness (QED) is 0.294. The summed E-state index contributed by atoms with van der Waals surface area (Å²) < 4.78 is 31.3. The summed E-state index contributed by atoms with van der Waals surface area (Å²) in [5.74, 6) is 2.84. The zero-order valence-electron chi connectivity index (χ0n) is 21.0. The van der Waals surface area contributed by atoms with Crippen LogP contribution in [0.15, 0.2) is 61.3 Å². The summed E-state index contributed by atoms with van der Waals surface area (Å²) in [6, 6.07) is 12.0. The van der Waals surface area contributed by atoms with Crippen molar-refractivity contribution in [3.8, 4) is 11.5 Å². The van der Waals surface area contributed by atoms with E-state index in [4.69, 9.17) is 4.74 Å². The molecule has 0 aliphatic carbocycles. The van der Waals surface area contributed by atoms with Gasteiger partial charge in [0, 0.05) is 48.3 Å². The zero-order chi connectivity index (χ0) is 26.1. The van der Waals surface area contributed by atoms with Crippen LogP contribution in [0.1, 0.15) is 16.9 Å². The van der Waals surface area contributed by atoms with E-state index in [0.717, 1.165) is 63.8 Å². The normalized spacial score (nSPS) is 15.7. The largest absolute Gasteiger partial charge is 0.457 e. The van der Waals surface area contributed by atoms with Gasteiger partial charge in [-0.05, 0) is 62.2 Å². The molecule has 9 nitrogen and oxygen atoms in total. The third-order valence-corrected chi connectivity index (χ3v) is 9.46. The second kappa shape index (κ2) is 10.3. The van der Waals surface area contributed by atoms with E-state index in [1.54, 1.807) is 23.9 Å². The molecule has 38 heavy (non-hydrogen) atoms. The van der Waals surface area contributed by atoms with Gasteiger partial charge < -0.3 is 19.4 Å². The summed E-state index contributed by atoms with van der Waals surface area (Å²) >= 11 is 1.68. The molecular formula is C27H28N6O3S2. The Balaban J connectivity index is 1.11. The Labute approximate surface area is 225 Å². The summed E-state index contributed by atoms with van der Waals surface area (Å²) in [6.07, 6.45) is 9.10. The number of rotatable bonds is 8. The minimum absolute atomic E-state index is 0.272. The molecule has 0 radical (unpaired) electrons. The van der Waals surface area contributed by atoms with Crippen molar-refractivity contribution in [3.63, 3.8) is 0 Å². The second-order valence-corrected chi connectivity index (χ2v) is 12.9. The standard InChI is InChI=1S/C27H28N6O3S2/c1-19-15-20(4-5-24(19)36-21-6-9-33-10-7-28-25(33)16-21)31-26-23-17-22(37-27(23)30-18-29-26)3-2-8-32-11-13-38(34,35)14-12-32/h4-7,9-10,15-18H,2-3,8,11-14H2,1H3,(H,29,30,31). The molecule has 0 atom stereocenters. The molecule has 1 aliphatic heterocycles. The molecule has 11 heteroatoms. The number of fused-ring (bicyclic) bond motifs is 2. The number of imidazole rings is 1. The first-order valence-electron chi connectivity index (χ1n) is 12.6. The van der Waals surface area contributed by atoms with Crippen LogP contribution in [-0.4, -0.2) is 63.8 Å². The number of aryl methyl sites for hydroxylation is 2. The van der Waals surface area contributed by atoms with Crippen LogP contribution >= 0.6 is 11.3 Å². The van der Waals surface area contributed by atoms with Crippen molar-refractivity contribution in [1.82, 2.24) is 24.3 Å². The molecule has 0 amide bonds. The number of hydrogen-bond donors (Lipinski definition) is 1. The number of ether oxygens (including phenoxy) is 1. The fraction of sp³-hybridized carbons (Fsp3) is 0.296. The van der Waals surface area contributed by atoms with Gasteiger partial charge in [0.05, 0.1) is 16.9 Å². The first kappa shape index (κ1) is 24.8. The summed E-state index contributed by atoms with van der Waals surface area (Å²) in [5.41, 5.74) is 2.76. The highest BCUT2D eigenvalue weighted by Gasteiger charge is 2.21. The van der Waals surface area contributed by atoms with Crippen LogP contribution in [0.5, 0.6) is 11.5 Å². The lowest BCUT2D eigenvalue weighted by Crippen LogP contribution is -2.40. The van der Waals surface area contributed by atoms with Crippen LogP contribution in [-0.2, 0) is 16.3 Å². The van der Waals surface area contributed by atoms with Crippen LogP contribution < -0.4 is 10.1 Å². The van der Waals surface area contributed by atoms with E-state index in [9.17, 15) is 8.42 Å². The molecule has 0 spiro atoms. The molecular weight excluding hydrogens is 520 g/mol.